The fourth-order valence-electron chi connectivity index (χ4n) is 4.18. The molecule has 29 heavy (non-hydrogen) atoms. The maximum absolute atomic E-state index is 5.23. The third kappa shape index (κ3) is 6.71. The van der Waals surface area contributed by atoms with Gasteiger partial charge < -0.3 is 4.74 Å². The van der Waals surface area contributed by atoms with E-state index in [1.54, 1.807) is 18.2 Å². The smallest absolute Gasteiger partial charge is 0.0676 e. The zero-order valence-corrected chi connectivity index (χ0v) is 20.5. The van der Waals surface area contributed by atoms with Crippen LogP contribution in [0, 0.1) is 0 Å². The van der Waals surface area contributed by atoms with Crippen LogP contribution in [0.25, 0.3) is 5.57 Å². The summed E-state index contributed by atoms with van der Waals surface area (Å²) < 4.78 is 5.23. The van der Waals surface area contributed by atoms with Crippen molar-refractivity contribution >= 4 is 5.57 Å². The average molecular weight is 397 g/mol. The Kier molecular flexibility index (Phi) is 10.7. The van der Waals surface area contributed by atoms with Crippen molar-refractivity contribution in [2.24, 2.45) is 0 Å². The maximum atomic E-state index is 5.23. The highest BCUT2D eigenvalue weighted by atomic mass is 16.5. The molecule has 3 rings (SSSR count). The third-order valence-corrected chi connectivity index (χ3v) is 5.97. The second-order valence-corrected chi connectivity index (χ2v) is 8.45. The van der Waals surface area contributed by atoms with Crippen molar-refractivity contribution in [2.45, 2.75) is 92.4 Å². The summed E-state index contributed by atoms with van der Waals surface area (Å²) in [5.74, 6) is 0.671. The van der Waals surface area contributed by atoms with E-state index in [4.69, 9.17) is 4.74 Å². The molecular formula is C28H44O. The minimum atomic E-state index is 0.312. The van der Waals surface area contributed by atoms with Crippen LogP contribution in [-0.2, 0) is 10.2 Å². The van der Waals surface area contributed by atoms with Gasteiger partial charge in [-0.15, -0.1) is 0 Å². The second-order valence-electron chi connectivity index (χ2n) is 8.45. The predicted molar refractivity (Wildman–Crippen MR) is 131 cm³/mol. The van der Waals surface area contributed by atoms with Crippen LogP contribution in [0.2, 0.25) is 0 Å². The Balaban J connectivity index is 0.000000989. The third-order valence-electron chi connectivity index (χ3n) is 5.97. The molecule has 1 aromatic carbocycles. The highest BCUT2D eigenvalue weighted by molar-refractivity contribution is 5.68. The van der Waals surface area contributed by atoms with E-state index < -0.39 is 0 Å². The monoisotopic (exact) mass is 396 g/mol. The molecule has 0 spiro atoms. The summed E-state index contributed by atoms with van der Waals surface area (Å²) in [4.78, 5) is 0. The van der Waals surface area contributed by atoms with Gasteiger partial charge >= 0.3 is 0 Å². The van der Waals surface area contributed by atoms with Gasteiger partial charge in [0.25, 0.3) is 0 Å². The second kappa shape index (κ2) is 12.2. The van der Waals surface area contributed by atoms with Gasteiger partial charge in [0, 0.05) is 7.11 Å². The van der Waals surface area contributed by atoms with Crippen molar-refractivity contribution in [2.75, 3.05) is 13.7 Å². The number of benzene rings is 1. The number of hydrogen-bond acceptors (Lipinski definition) is 1. The first-order chi connectivity index (χ1) is 13.9. The Morgan fingerprint density at radius 3 is 2.38 bits per heavy atom. The van der Waals surface area contributed by atoms with Crippen molar-refractivity contribution in [1.29, 1.82) is 0 Å². The number of fused-ring (bicyclic) bond motifs is 1. The van der Waals surface area contributed by atoms with Crippen LogP contribution >= 0.6 is 0 Å². The van der Waals surface area contributed by atoms with Crippen molar-refractivity contribution in [3.8, 4) is 0 Å². The van der Waals surface area contributed by atoms with Crippen LogP contribution in [0.3, 0.4) is 0 Å². The lowest BCUT2D eigenvalue weighted by Crippen LogP contribution is -2.25. The molecule has 0 radical (unpaired) electrons. The van der Waals surface area contributed by atoms with Crippen molar-refractivity contribution < 1.29 is 4.74 Å². The first-order valence-corrected chi connectivity index (χ1v) is 11.6. The van der Waals surface area contributed by atoms with Crippen LogP contribution in [0.4, 0.5) is 0 Å². The molecule has 0 saturated carbocycles. The fraction of sp³-hybridized carbons (Fsp3) is 0.571. The number of allylic oxidation sites excluding steroid dienone is 5. The van der Waals surface area contributed by atoms with E-state index in [1.807, 2.05) is 27.7 Å². The molecule has 0 heterocycles. The van der Waals surface area contributed by atoms with Crippen LogP contribution < -0.4 is 0 Å². The van der Waals surface area contributed by atoms with E-state index in [2.05, 4.69) is 64.1 Å². The van der Waals surface area contributed by atoms with E-state index in [-0.39, 0.29) is 0 Å². The molecule has 2 aliphatic carbocycles. The Hall–Kier alpha value is -1.60. The van der Waals surface area contributed by atoms with E-state index >= 15 is 0 Å². The number of ether oxygens (including phenoxy) is 1. The standard InChI is InChI=1S/C24H32O.2C2H6/c1-17-12-13-24(3,4)23-11-10-21(15-22(17)23)18(2)14-19-6-8-20(9-7-19)16-25-5;2*1-2/h6,8,10-11,14-15,17H,7,9,12-13,16H2,1-5H3;2*1-2H3/b18-14+;;. The lowest BCUT2D eigenvalue weighted by Gasteiger charge is -2.36. The minimum absolute atomic E-state index is 0.312. The van der Waals surface area contributed by atoms with Crippen LogP contribution in [0.15, 0.2) is 47.6 Å². The lowest BCUT2D eigenvalue weighted by molar-refractivity contribution is 0.223. The van der Waals surface area contributed by atoms with E-state index in [1.165, 1.54) is 35.1 Å². The number of hydrogen-bond donors (Lipinski definition) is 0. The zero-order chi connectivity index (χ0) is 22.0. The van der Waals surface area contributed by atoms with Crippen molar-refractivity contribution in [3.05, 3.63) is 64.3 Å². The van der Waals surface area contributed by atoms with Gasteiger partial charge in [-0.2, -0.15) is 0 Å². The SMILES string of the molecule is CC.CC.COCC1=CC=C(/C=C(\C)c2ccc3c(c2)C(C)CCC3(C)C)CC1. The molecule has 0 amide bonds. The van der Waals surface area contributed by atoms with Crippen LogP contribution in [-0.4, -0.2) is 13.7 Å². The van der Waals surface area contributed by atoms with Gasteiger partial charge in [0.05, 0.1) is 6.61 Å². The topological polar surface area (TPSA) is 9.23 Å². The first kappa shape index (κ1) is 25.4. The van der Waals surface area contributed by atoms with Gasteiger partial charge in [-0.1, -0.05) is 84.9 Å². The number of methoxy groups -OCH3 is 1. The van der Waals surface area contributed by atoms with E-state index in [0.29, 0.717) is 11.3 Å². The molecule has 0 fully saturated rings. The summed E-state index contributed by atoms with van der Waals surface area (Å²) in [7, 11) is 1.77. The highest BCUT2D eigenvalue weighted by Gasteiger charge is 2.30. The van der Waals surface area contributed by atoms with E-state index in [9.17, 15) is 0 Å². The summed E-state index contributed by atoms with van der Waals surface area (Å²) in [6.45, 7) is 18.1. The van der Waals surface area contributed by atoms with Gasteiger partial charge in [0.1, 0.15) is 0 Å². The molecule has 1 nitrogen and oxygen atoms in total. The molecule has 0 aliphatic heterocycles. The normalized spacial score (nSPS) is 20.2. The lowest BCUT2D eigenvalue weighted by atomic mass is 9.69. The van der Waals surface area contributed by atoms with Gasteiger partial charge in [0.2, 0.25) is 0 Å². The molecule has 0 saturated heterocycles. The summed E-state index contributed by atoms with van der Waals surface area (Å²) >= 11 is 0. The molecule has 162 valence electrons. The van der Waals surface area contributed by atoms with Crippen molar-refractivity contribution in [3.63, 3.8) is 0 Å². The fourth-order valence-corrected chi connectivity index (χ4v) is 4.18. The quantitative estimate of drug-likeness (QED) is 0.495. The molecule has 1 aromatic rings. The van der Waals surface area contributed by atoms with Crippen molar-refractivity contribution in [1.82, 2.24) is 0 Å². The van der Waals surface area contributed by atoms with Gasteiger partial charge in [-0.25, -0.2) is 0 Å². The molecule has 0 bridgehead atoms. The summed E-state index contributed by atoms with van der Waals surface area (Å²) in [6.07, 6.45) is 11.7. The Labute approximate surface area is 181 Å². The summed E-state index contributed by atoms with van der Waals surface area (Å²) in [5.41, 5.74) is 8.97. The maximum Gasteiger partial charge on any atom is 0.0676 e. The molecule has 1 unspecified atom stereocenters. The Bertz CT molecular complexity index is 731. The molecule has 2 aliphatic rings. The van der Waals surface area contributed by atoms with Gasteiger partial charge in [-0.05, 0) is 77.3 Å². The van der Waals surface area contributed by atoms with Crippen LogP contribution in [0.5, 0.6) is 0 Å². The number of rotatable bonds is 4. The molecule has 0 N–H and O–H groups in total. The minimum Gasteiger partial charge on any atom is -0.380 e. The molecule has 0 aromatic heterocycles. The molecule has 1 heteroatoms. The molecule has 1 atom stereocenters. The van der Waals surface area contributed by atoms with E-state index in [0.717, 1.165) is 19.4 Å². The summed E-state index contributed by atoms with van der Waals surface area (Å²) in [6, 6.07) is 7.14. The average Bonchev–Trinajstić information content (AvgIpc) is 2.75. The van der Waals surface area contributed by atoms with Gasteiger partial charge in [0.15, 0.2) is 0 Å². The first-order valence-electron chi connectivity index (χ1n) is 11.6. The Morgan fingerprint density at radius 1 is 1.10 bits per heavy atom. The largest absolute Gasteiger partial charge is 0.380 e. The Morgan fingerprint density at radius 2 is 1.79 bits per heavy atom. The molecular weight excluding hydrogens is 352 g/mol. The van der Waals surface area contributed by atoms with Gasteiger partial charge in [-0.3, -0.25) is 0 Å². The summed E-state index contributed by atoms with van der Waals surface area (Å²) in [5, 5.41) is 0. The zero-order valence-electron chi connectivity index (χ0n) is 20.5. The van der Waals surface area contributed by atoms with Crippen LogP contribution in [0.1, 0.15) is 104 Å². The predicted octanol–water partition coefficient (Wildman–Crippen LogP) is 8.61. The highest BCUT2D eigenvalue weighted by Crippen LogP contribution is 2.43.